The van der Waals surface area contributed by atoms with E-state index in [4.69, 9.17) is 4.74 Å². The van der Waals surface area contributed by atoms with Crippen LogP contribution in [-0.2, 0) is 4.74 Å². The van der Waals surface area contributed by atoms with Crippen LogP contribution in [0.3, 0.4) is 0 Å². The lowest BCUT2D eigenvalue weighted by Gasteiger charge is -2.08. The minimum atomic E-state index is -4.29. The molecule has 0 bridgehead atoms. The number of benzene rings is 1. The third-order valence-corrected chi connectivity index (χ3v) is 1.78. The first-order chi connectivity index (χ1) is 7.97. The highest BCUT2D eigenvalue weighted by molar-refractivity contribution is 5.21. The van der Waals surface area contributed by atoms with Crippen LogP contribution in [0.2, 0.25) is 0 Å². The topological polar surface area (TPSA) is 18.5 Å². The molecule has 0 atom stereocenters. The number of ether oxygens (including phenoxy) is 2. The highest BCUT2D eigenvalue weighted by Gasteiger charge is 2.27. The van der Waals surface area contributed by atoms with Crippen LogP contribution in [0.25, 0.3) is 0 Å². The smallest absolute Gasteiger partial charge is 0.411 e. The summed E-state index contributed by atoms with van der Waals surface area (Å²) >= 11 is 0. The molecule has 0 amide bonds. The van der Waals surface area contributed by atoms with Crippen molar-refractivity contribution in [2.45, 2.75) is 12.6 Å². The number of hydrogen-bond donors (Lipinski definition) is 0. The van der Waals surface area contributed by atoms with E-state index in [9.17, 15) is 17.6 Å². The summed E-state index contributed by atoms with van der Waals surface area (Å²) in [6.07, 6.45) is -3.95. The SMILES string of the molecule is Fc1ccc(OCCCOCC(F)(F)F)cc1. The zero-order chi connectivity index (χ0) is 12.7. The molecule has 96 valence electrons. The summed E-state index contributed by atoms with van der Waals surface area (Å²) in [6.45, 7) is -1.05. The van der Waals surface area contributed by atoms with Crippen molar-refractivity contribution < 1.29 is 27.0 Å². The van der Waals surface area contributed by atoms with E-state index in [1.807, 2.05) is 0 Å². The Hall–Kier alpha value is -1.30. The molecule has 0 radical (unpaired) electrons. The third-order valence-electron chi connectivity index (χ3n) is 1.78. The molecule has 1 aromatic carbocycles. The van der Waals surface area contributed by atoms with E-state index in [1.54, 1.807) is 0 Å². The molecule has 0 spiro atoms. The number of rotatable bonds is 6. The minimum absolute atomic E-state index is 0.0271. The van der Waals surface area contributed by atoms with E-state index >= 15 is 0 Å². The Morgan fingerprint density at radius 1 is 1.00 bits per heavy atom. The highest BCUT2D eigenvalue weighted by atomic mass is 19.4. The van der Waals surface area contributed by atoms with Crippen molar-refractivity contribution in [3.63, 3.8) is 0 Å². The van der Waals surface area contributed by atoms with Crippen LogP contribution in [-0.4, -0.2) is 26.0 Å². The van der Waals surface area contributed by atoms with Crippen molar-refractivity contribution in [3.05, 3.63) is 30.1 Å². The fraction of sp³-hybridized carbons (Fsp3) is 0.455. The summed E-state index contributed by atoms with van der Waals surface area (Å²) in [7, 11) is 0. The molecular formula is C11H12F4O2. The monoisotopic (exact) mass is 252 g/mol. The van der Waals surface area contributed by atoms with Crippen LogP contribution in [0.4, 0.5) is 17.6 Å². The fourth-order valence-electron chi connectivity index (χ4n) is 1.07. The average molecular weight is 252 g/mol. The van der Waals surface area contributed by atoms with E-state index in [0.717, 1.165) is 0 Å². The second kappa shape index (κ2) is 6.44. The van der Waals surface area contributed by atoms with Crippen LogP contribution in [0.5, 0.6) is 5.75 Å². The Bertz CT molecular complexity index is 321. The first-order valence-electron chi connectivity index (χ1n) is 5.00. The van der Waals surface area contributed by atoms with Gasteiger partial charge in [-0.3, -0.25) is 0 Å². The number of hydrogen-bond acceptors (Lipinski definition) is 2. The van der Waals surface area contributed by atoms with Gasteiger partial charge < -0.3 is 9.47 Å². The standard InChI is InChI=1S/C11H12F4O2/c12-9-2-4-10(5-3-9)17-7-1-6-16-8-11(13,14)15/h2-5H,1,6-8H2. The molecule has 0 aliphatic rings. The van der Waals surface area contributed by atoms with Crippen molar-refractivity contribution in [2.75, 3.05) is 19.8 Å². The van der Waals surface area contributed by atoms with Gasteiger partial charge >= 0.3 is 6.18 Å². The Kier molecular flexibility index (Phi) is 5.21. The Morgan fingerprint density at radius 2 is 1.65 bits per heavy atom. The summed E-state index contributed by atoms with van der Waals surface area (Å²) in [5, 5.41) is 0. The molecular weight excluding hydrogens is 240 g/mol. The van der Waals surface area contributed by atoms with Crippen molar-refractivity contribution in [2.24, 2.45) is 0 Å². The Morgan fingerprint density at radius 3 is 2.24 bits per heavy atom. The van der Waals surface area contributed by atoms with Gasteiger partial charge in [0.15, 0.2) is 0 Å². The van der Waals surface area contributed by atoms with Crippen molar-refractivity contribution in [1.29, 1.82) is 0 Å². The van der Waals surface area contributed by atoms with Gasteiger partial charge in [-0.15, -0.1) is 0 Å². The first kappa shape index (κ1) is 13.8. The fourth-order valence-corrected chi connectivity index (χ4v) is 1.07. The molecule has 0 unspecified atom stereocenters. The Labute approximate surface area is 96.1 Å². The maximum absolute atomic E-state index is 12.5. The molecule has 1 rings (SSSR count). The van der Waals surface area contributed by atoms with Crippen LogP contribution in [0, 0.1) is 5.82 Å². The lowest BCUT2D eigenvalue weighted by Crippen LogP contribution is -2.18. The average Bonchev–Trinajstić information content (AvgIpc) is 2.24. The van der Waals surface area contributed by atoms with E-state index < -0.39 is 12.8 Å². The summed E-state index contributed by atoms with van der Waals surface area (Å²) in [4.78, 5) is 0. The summed E-state index contributed by atoms with van der Waals surface area (Å²) in [5.41, 5.74) is 0. The van der Waals surface area contributed by atoms with E-state index in [0.29, 0.717) is 12.2 Å². The van der Waals surface area contributed by atoms with Gasteiger partial charge in [0, 0.05) is 6.42 Å². The van der Waals surface area contributed by atoms with Crippen molar-refractivity contribution >= 4 is 0 Å². The molecule has 0 saturated heterocycles. The zero-order valence-electron chi connectivity index (χ0n) is 8.97. The maximum atomic E-state index is 12.5. The largest absolute Gasteiger partial charge is 0.494 e. The lowest BCUT2D eigenvalue weighted by atomic mass is 10.3. The normalized spacial score (nSPS) is 11.5. The van der Waals surface area contributed by atoms with Crippen LogP contribution < -0.4 is 4.74 Å². The lowest BCUT2D eigenvalue weighted by molar-refractivity contribution is -0.174. The van der Waals surface area contributed by atoms with E-state index in [2.05, 4.69) is 4.74 Å². The summed E-state index contributed by atoms with van der Waals surface area (Å²) in [6, 6.07) is 5.39. The summed E-state index contributed by atoms with van der Waals surface area (Å²) < 4.78 is 57.1. The van der Waals surface area contributed by atoms with Crippen LogP contribution in [0.1, 0.15) is 6.42 Å². The molecule has 0 fully saturated rings. The highest BCUT2D eigenvalue weighted by Crippen LogP contribution is 2.14. The van der Waals surface area contributed by atoms with E-state index in [-0.39, 0.29) is 19.0 Å². The first-order valence-corrected chi connectivity index (χ1v) is 5.00. The van der Waals surface area contributed by atoms with Gasteiger partial charge in [0.2, 0.25) is 0 Å². The van der Waals surface area contributed by atoms with Gasteiger partial charge in [-0.2, -0.15) is 13.2 Å². The second-order valence-corrected chi connectivity index (χ2v) is 3.32. The van der Waals surface area contributed by atoms with Gasteiger partial charge in [-0.05, 0) is 24.3 Å². The molecule has 0 aromatic heterocycles. The number of alkyl halides is 3. The predicted molar refractivity (Wildman–Crippen MR) is 53.4 cm³/mol. The van der Waals surface area contributed by atoms with Crippen LogP contribution in [0.15, 0.2) is 24.3 Å². The van der Waals surface area contributed by atoms with Crippen molar-refractivity contribution in [1.82, 2.24) is 0 Å². The number of halogens is 4. The predicted octanol–water partition coefficient (Wildman–Crippen LogP) is 3.17. The van der Waals surface area contributed by atoms with Gasteiger partial charge in [-0.25, -0.2) is 4.39 Å². The second-order valence-electron chi connectivity index (χ2n) is 3.32. The summed E-state index contributed by atoms with van der Waals surface area (Å²) in [5.74, 6) is 0.105. The molecule has 0 saturated carbocycles. The molecule has 17 heavy (non-hydrogen) atoms. The molecule has 0 aliphatic heterocycles. The quantitative estimate of drug-likeness (QED) is 0.572. The molecule has 1 aromatic rings. The van der Waals surface area contributed by atoms with Gasteiger partial charge in [0.25, 0.3) is 0 Å². The zero-order valence-corrected chi connectivity index (χ0v) is 8.97. The minimum Gasteiger partial charge on any atom is -0.494 e. The third kappa shape index (κ3) is 6.78. The van der Waals surface area contributed by atoms with Gasteiger partial charge in [0.05, 0.1) is 13.2 Å². The van der Waals surface area contributed by atoms with Crippen molar-refractivity contribution in [3.8, 4) is 5.75 Å². The molecule has 0 aliphatic carbocycles. The van der Waals surface area contributed by atoms with Gasteiger partial charge in [0.1, 0.15) is 18.2 Å². The Balaban J connectivity index is 2.07. The van der Waals surface area contributed by atoms with E-state index in [1.165, 1.54) is 24.3 Å². The molecule has 0 heterocycles. The maximum Gasteiger partial charge on any atom is 0.411 e. The van der Waals surface area contributed by atoms with Crippen LogP contribution >= 0.6 is 0 Å². The van der Waals surface area contributed by atoms with Gasteiger partial charge in [-0.1, -0.05) is 0 Å². The molecule has 2 nitrogen and oxygen atoms in total. The molecule has 0 N–H and O–H groups in total. The molecule has 6 heteroatoms.